The van der Waals surface area contributed by atoms with Crippen molar-refractivity contribution in [2.75, 3.05) is 25.6 Å². The Morgan fingerprint density at radius 2 is 2.15 bits per heavy atom. The number of halogens is 3. The summed E-state index contributed by atoms with van der Waals surface area (Å²) >= 11 is 0. The largest absolute Gasteiger partial charge is 0.416 e. The van der Waals surface area contributed by atoms with E-state index in [-0.39, 0.29) is 11.3 Å². The minimum absolute atomic E-state index is 0.207. The number of nitrogens with one attached hydrogen (secondary N) is 3. The Bertz CT molecular complexity index is 847. The monoisotopic (exact) mass is 381 g/mol. The van der Waals surface area contributed by atoms with E-state index in [4.69, 9.17) is 4.74 Å². The molecule has 10 heteroatoms. The van der Waals surface area contributed by atoms with Crippen LogP contribution >= 0.6 is 0 Å². The predicted molar refractivity (Wildman–Crippen MR) is 92.4 cm³/mol. The molecule has 3 N–H and O–H groups in total. The molecule has 1 atom stereocenters. The number of hydrazone groups is 1. The van der Waals surface area contributed by atoms with Gasteiger partial charge < -0.3 is 10.1 Å². The van der Waals surface area contributed by atoms with E-state index >= 15 is 0 Å². The third-order valence-electron chi connectivity index (χ3n) is 4.11. The molecule has 2 aromatic rings. The summed E-state index contributed by atoms with van der Waals surface area (Å²) in [4.78, 5) is 12.3. The van der Waals surface area contributed by atoms with Gasteiger partial charge in [0, 0.05) is 20.3 Å². The van der Waals surface area contributed by atoms with Crippen molar-refractivity contribution in [2.45, 2.75) is 18.5 Å². The quantitative estimate of drug-likeness (QED) is 0.643. The Morgan fingerprint density at radius 1 is 1.33 bits per heavy atom. The molecule has 1 aliphatic rings. The van der Waals surface area contributed by atoms with E-state index in [0.717, 1.165) is 18.6 Å². The van der Waals surface area contributed by atoms with E-state index in [9.17, 15) is 18.0 Å². The first kappa shape index (κ1) is 18.9. The molecule has 0 saturated carbocycles. The van der Waals surface area contributed by atoms with Gasteiger partial charge in [0.25, 0.3) is 5.91 Å². The molecule has 0 saturated heterocycles. The molecule has 1 aromatic carbocycles. The van der Waals surface area contributed by atoms with Crippen molar-refractivity contribution in [1.82, 2.24) is 15.6 Å². The molecule has 0 bridgehead atoms. The lowest BCUT2D eigenvalue weighted by molar-refractivity contribution is -0.137. The molecule has 1 amide bonds. The molecular formula is C17H18F3N5O2. The zero-order valence-electron chi connectivity index (χ0n) is 14.4. The van der Waals surface area contributed by atoms with E-state index in [1.165, 1.54) is 18.3 Å². The maximum atomic E-state index is 13.0. The number of carbonyl (C=O) groups excluding carboxylic acids is 1. The number of alkyl halides is 3. The van der Waals surface area contributed by atoms with Gasteiger partial charge in [0.1, 0.15) is 17.3 Å². The zero-order valence-corrected chi connectivity index (χ0v) is 14.4. The molecule has 0 aliphatic carbocycles. The fourth-order valence-electron chi connectivity index (χ4n) is 2.83. The van der Waals surface area contributed by atoms with Gasteiger partial charge in [0.2, 0.25) is 0 Å². The fourth-order valence-corrected chi connectivity index (χ4v) is 2.83. The Kier molecular flexibility index (Phi) is 5.45. The number of H-pyrrole nitrogens is 1. The standard InChI is InChI=1S/C17H18F3N5O2/c1-27-7-3-6-21-12-9-22-23-14(12)15-13(16(26)25-24-15)10-4-2-5-11(8-10)17(18,19)20/h2,4-5,8-9,13,21H,3,6-7H2,1H3,(H,22,23)(H,25,26). The molecular weight excluding hydrogens is 363 g/mol. The lowest BCUT2D eigenvalue weighted by Crippen LogP contribution is -2.23. The molecule has 3 rings (SSSR count). The van der Waals surface area contributed by atoms with Crippen molar-refractivity contribution in [3.8, 4) is 0 Å². The average Bonchev–Trinajstić information content (AvgIpc) is 3.24. The number of amides is 1. The number of rotatable bonds is 7. The first-order valence-corrected chi connectivity index (χ1v) is 8.23. The summed E-state index contributed by atoms with van der Waals surface area (Å²) in [6, 6.07) is 4.68. The van der Waals surface area contributed by atoms with Crippen molar-refractivity contribution in [3.05, 3.63) is 47.3 Å². The first-order valence-electron chi connectivity index (χ1n) is 8.23. The van der Waals surface area contributed by atoms with Crippen molar-refractivity contribution < 1.29 is 22.7 Å². The Morgan fingerprint density at radius 3 is 2.89 bits per heavy atom. The molecule has 0 spiro atoms. The van der Waals surface area contributed by atoms with Gasteiger partial charge in [-0.25, -0.2) is 5.43 Å². The molecule has 144 valence electrons. The van der Waals surface area contributed by atoms with Crippen LogP contribution in [-0.2, 0) is 15.7 Å². The van der Waals surface area contributed by atoms with Crippen molar-refractivity contribution in [2.24, 2.45) is 5.10 Å². The third kappa shape index (κ3) is 4.11. The van der Waals surface area contributed by atoms with Crippen LogP contribution in [0, 0.1) is 0 Å². The second kappa shape index (κ2) is 7.78. The number of anilines is 1. The van der Waals surface area contributed by atoms with Gasteiger partial charge >= 0.3 is 6.18 Å². The normalized spacial score (nSPS) is 17.0. The molecule has 1 aromatic heterocycles. The number of aromatic amines is 1. The minimum Gasteiger partial charge on any atom is -0.385 e. The fraction of sp³-hybridized carbons (Fsp3) is 0.353. The van der Waals surface area contributed by atoms with Crippen molar-refractivity contribution in [3.63, 3.8) is 0 Å². The summed E-state index contributed by atoms with van der Waals surface area (Å²) in [5.74, 6) is -1.46. The van der Waals surface area contributed by atoms with E-state index in [0.29, 0.717) is 24.5 Å². The Hall–Kier alpha value is -2.88. The third-order valence-corrected chi connectivity index (χ3v) is 4.11. The summed E-state index contributed by atoms with van der Waals surface area (Å²) in [5, 5.41) is 13.9. The summed E-state index contributed by atoms with van der Waals surface area (Å²) in [6.45, 7) is 1.18. The number of hydrogen-bond acceptors (Lipinski definition) is 5. The van der Waals surface area contributed by atoms with Crippen LogP contribution in [0.1, 0.15) is 29.2 Å². The average molecular weight is 381 g/mol. The topological polar surface area (TPSA) is 91.4 Å². The number of benzene rings is 1. The van der Waals surface area contributed by atoms with Gasteiger partial charge in [-0.1, -0.05) is 18.2 Å². The lowest BCUT2D eigenvalue weighted by Gasteiger charge is -2.14. The van der Waals surface area contributed by atoms with Gasteiger partial charge in [0.05, 0.1) is 17.4 Å². The van der Waals surface area contributed by atoms with Crippen LogP contribution in [0.5, 0.6) is 0 Å². The zero-order chi connectivity index (χ0) is 19.4. The van der Waals surface area contributed by atoms with Crippen LogP contribution in [-0.4, -0.2) is 42.1 Å². The van der Waals surface area contributed by atoms with Gasteiger partial charge in [0.15, 0.2) is 0 Å². The Labute approximate surface area is 153 Å². The summed E-state index contributed by atoms with van der Waals surface area (Å²) in [5.41, 5.74) is 3.07. The van der Waals surface area contributed by atoms with Crippen LogP contribution in [0.15, 0.2) is 35.6 Å². The molecule has 1 unspecified atom stereocenters. The van der Waals surface area contributed by atoms with Crippen LogP contribution < -0.4 is 10.7 Å². The lowest BCUT2D eigenvalue weighted by atomic mass is 9.91. The predicted octanol–water partition coefficient (Wildman–Crippen LogP) is 2.49. The number of nitrogens with zero attached hydrogens (tertiary/aromatic N) is 2. The second-order valence-corrected chi connectivity index (χ2v) is 5.96. The summed E-state index contributed by atoms with van der Waals surface area (Å²) in [7, 11) is 1.60. The number of hydrogen-bond donors (Lipinski definition) is 3. The van der Waals surface area contributed by atoms with E-state index in [2.05, 4.69) is 26.0 Å². The first-order chi connectivity index (χ1) is 12.9. The van der Waals surface area contributed by atoms with Crippen molar-refractivity contribution >= 4 is 17.3 Å². The second-order valence-electron chi connectivity index (χ2n) is 5.96. The highest BCUT2D eigenvalue weighted by Gasteiger charge is 2.37. The highest BCUT2D eigenvalue weighted by molar-refractivity contribution is 6.21. The Balaban J connectivity index is 1.87. The van der Waals surface area contributed by atoms with E-state index < -0.39 is 23.6 Å². The number of carbonyl (C=O) groups is 1. The van der Waals surface area contributed by atoms with Crippen molar-refractivity contribution in [1.29, 1.82) is 0 Å². The smallest absolute Gasteiger partial charge is 0.385 e. The van der Waals surface area contributed by atoms with Crippen LogP contribution in [0.3, 0.4) is 0 Å². The number of ether oxygens (including phenoxy) is 1. The molecule has 7 nitrogen and oxygen atoms in total. The summed E-state index contributed by atoms with van der Waals surface area (Å²) in [6.07, 6.45) is -2.21. The molecule has 0 fully saturated rings. The molecule has 27 heavy (non-hydrogen) atoms. The number of methoxy groups -OCH3 is 1. The highest BCUT2D eigenvalue weighted by Crippen LogP contribution is 2.33. The summed E-state index contributed by atoms with van der Waals surface area (Å²) < 4.78 is 44.0. The van der Waals surface area contributed by atoms with E-state index in [1.807, 2.05) is 0 Å². The van der Waals surface area contributed by atoms with Gasteiger partial charge in [-0.2, -0.15) is 23.4 Å². The maximum absolute atomic E-state index is 13.0. The number of aromatic nitrogens is 2. The maximum Gasteiger partial charge on any atom is 0.416 e. The van der Waals surface area contributed by atoms with Crippen LogP contribution in [0.25, 0.3) is 0 Å². The molecule has 0 radical (unpaired) electrons. The molecule has 1 aliphatic heterocycles. The minimum atomic E-state index is -4.50. The SMILES string of the molecule is COCCCNc1cn[nH]c1C1=NNC(=O)C1c1cccc(C(F)(F)F)c1. The molecule has 2 heterocycles. The highest BCUT2D eigenvalue weighted by atomic mass is 19.4. The van der Waals surface area contributed by atoms with E-state index in [1.54, 1.807) is 7.11 Å². The van der Waals surface area contributed by atoms with Crippen LogP contribution in [0.2, 0.25) is 0 Å². The van der Waals surface area contributed by atoms with Gasteiger partial charge in [-0.15, -0.1) is 0 Å². The van der Waals surface area contributed by atoms with Gasteiger partial charge in [-0.3, -0.25) is 9.89 Å². The van der Waals surface area contributed by atoms with Crippen LogP contribution in [0.4, 0.5) is 18.9 Å². The van der Waals surface area contributed by atoms with Gasteiger partial charge in [-0.05, 0) is 18.1 Å².